The van der Waals surface area contributed by atoms with Gasteiger partial charge in [-0.05, 0) is 17.7 Å². The van der Waals surface area contributed by atoms with E-state index in [2.05, 4.69) is 5.32 Å². The minimum absolute atomic E-state index is 0.0710. The summed E-state index contributed by atoms with van der Waals surface area (Å²) in [6, 6.07) is 3.28. The third-order valence-corrected chi connectivity index (χ3v) is 3.21. The van der Waals surface area contributed by atoms with Crippen molar-refractivity contribution >= 4 is 10.0 Å². The van der Waals surface area contributed by atoms with Crippen LogP contribution in [0.5, 0.6) is 17.2 Å². The van der Waals surface area contributed by atoms with Crippen LogP contribution >= 0.6 is 0 Å². The van der Waals surface area contributed by atoms with Gasteiger partial charge < -0.3 is 19.9 Å². The molecule has 0 saturated carbocycles. The van der Waals surface area contributed by atoms with Crippen molar-refractivity contribution < 1.29 is 23.0 Å². The summed E-state index contributed by atoms with van der Waals surface area (Å²) in [4.78, 5) is 0. The smallest absolute Gasteiger partial charge is 0.210 e. The van der Waals surface area contributed by atoms with Gasteiger partial charge in [-0.1, -0.05) is 0 Å². The maximum atomic E-state index is 10.8. The lowest BCUT2D eigenvalue weighted by Gasteiger charge is -2.11. The highest BCUT2D eigenvalue weighted by molar-refractivity contribution is 7.89. The number of methoxy groups -OCH3 is 2. The number of rotatable bonds is 7. The van der Waals surface area contributed by atoms with Gasteiger partial charge >= 0.3 is 0 Å². The number of nitrogens with two attached hydrogens (primary N) is 1. The monoisotopic (exact) mass is 290 g/mol. The van der Waals surface area contributed by atoms with Gasteiger partial charge in [-0.2, -0.15) is 0 Å². The summed E-state index contributed by atoms with van der Waals surface area (Å²) < 4.78 is 31.5. The molecule has 0 saturated heterocycles. The van der Waals surface area contributed by atoms with Gasteiger partial charge in [0.05, 0.1) is 20.0 Å². The fourth-order valence-electron chi connectivity index (χ4n) is 1.50. The van der Waals surface area contributed by atoms with E-state index in [9.17, 15) is 13.5 Å². The minimum Gasteiger partial charge on any atom is -0.502 e. The van der Waals surface area contributed by atoms with E-state index in [1.165, 1.54) is 14.2 Å². The Kier molecular flexibility index (Phi) is 5.40. The largest absolute Gasteiger partial charge is 0.502 e. The highest BCUT2D eigenvalue weighted by Gasteiger charge is 2.11. The van der Waals surface area contributed by atoms with Crippen molar-refractivity contribution in [3.63, 3.8) is 0 Å². The Morgan fingerprint density at radius 1 is 1.26 bits per heavy atom. The molecule has 0 radical (unpaired) electrons. The van der Waals surface area contributed by atoms with Crippen LogP contribution in [-0.2, 0) is 16.6 Å². The highest BCUT2D eigenvalue weighted by atomic mass is 32.2. The molecule has 0 bridgehead atoms. The van der Waals surface area contributed by atoms with Crippen molar-refractivity contribution in [3.05, 3.63) is 17.7 Å². The quantitative estimate of drug-likeness (QED) is 0.599. The second-order valence-electron chi connectivity index (χ2n) is 3.89. The average molecular weight is 290 g/mol. The van der Waals surface area contributed by atoms with Gasteiger partial charge in [0, 0.05) is 13.1 Å². The van der Waals surface area contributed by atoms with E-state index in [4.69, 9.17) is 14.6 Å². The molecule has 8 heteroatoms. The van der Waals surface area contributed by atoms with E-state index in [0.29, 0.717) is 18.0 Å². The molecule has 0 aromatic heterocycles. The first kappa shape index (κ1) is 15.5. The normalized spacial score (nSPS) is 11.3. The summed E-state index contributed by atoms with van der Waals surface area (Å²) in [6.45, 7) is 0.646. The number of nitrogens with one attached hydrogen (secondary N) is 1. The van der Waals surface area contributed by atoms with E-state index >= 15 is 0 Å². The Balaban J connectivity index is 2.68. The molecule has 19 heavy (non-hydrogen) atoms. The molecule has 0 aliphatic rings. The predicted octanol–water partition coefficient (Wildman–Crippen LogP) is -0.212. The third kappa shape index (κ3) is 4.93. The number of ether oxygens (including phenoxy) is 2. The van der Waals surface area contributed by atoms with Crippen molar-refractivity contribution in [2.75, 3.05) is 26.5 Å². The van der Waals surface area contributed by atoms with E-state index in [-0.39, 0.29) is 18.0 Å². The van der Waals surface area contributed by atoms with Gasteiger partial charge in [-0.3, -0.25) is 0 Å². The SMILES string of the molecule is COc1cc(CNCCS(N)(=O)=O)cc(OC)c1O. The summed E-state index contributed by atoms with van der Waals surface area (Å²) >= 11 is 0. The third-order valence-electron chi connectivity index (χ3n) is 2.43. The van der Waals surface area contributed by atoms with Crippen molar-refractivity contribution in [2.45, 2.75) is 6.54 Å². The van der Waals surface area contributed by atoms with Crippen LogP contribution in [0.3, 0.4) is 0 Å². The van der Waals surface area contributed by atoms with Gasteiger partial charge in [0.1, 0.15) is 0 Å². The first-order chi connectivity index (χ1) is 8.87. The van der Waals surface area contributed by atoms with Gasteiger partial charge in [0.2, 0.25) is 15.8 Å². The molecule has 1 rings (SSSR count). The molecular weight excluding hydrogens is 272 g/mol. The van der Waals surface area contributed by atoms with Gasteiger partial charge in [0.25, 0.3) is 0 Å². The van der Waals surface area contributed by atoms with Crippen molar-refractivity contribution in [1.82, 2.24) is 5.32 Å². The van der Waals surface area contributed by atoms with E-state index in [0.717, 1.165) is 5.56 Å². The van der Waals surface area contributed by atoms with Crippen LogP contribution < -0.4 is 19.9 Å². The second-order valence-corrected chi connectivity index (χ2v) is 5.63. The molecule has 7 nitrogen and oxygen atoms in total. The van der Waals surface area contributed by atoms with E-state index < -0.39 is 10.0 Å². The molecule has 0 fully saturated rings. The molecule has 0 unspecified atom stereocenters. The number of aromatic hydroxyl groups is 1. The Morgan fingerprint density at radius 2 is 1.79 bits per heavy atom. The molecule has 0 atom stereocenters. The second kappa shape index (κ2) is 6.60. The molecule has 0 amide bonds. The number of hydrogen-bond donors (Lipinski definition) is 3. The Morgan fingerprint density at radius 3 is 2.21 bits per heavy atom. The number of phenols is 1. The summed E-state index contributed by atoms with van der Waals surface area (Å²) in [7, 11) is -0.588. The number of hydrogen-bond acceptors (Lipinski definition) is 6. The Labute approximate surface area is 112 Å². The topological polar surface area (TPSA) is 111 Å². The first-order valence-corrected chi connectivity index (χ1v) is 7.24. The Bertz CT molecular complexity index is 505. The molecule has 0 heterocycles. The fourth-order valence-corrected chi connectivity index (χ4v) is 1.93. The maximum absolute atomic E-state index is 10.8. The molecule has 0 aliphatic carbocycles. The zero-order chi connectivity index (χ0) is 14.5. The first-order valence-electron chi connectivity index (χ1n) is 5.52. The summed E-state index contributed by atoms with van der Waals surface area (Å²) in [5.41, 5.74) is 0.793. The number of phenolic OH excluding ortho intramolecular Hbond substituents is 1. The fraction of sp³-hybridized carbons (Fsp3) is 0.455. The van der Waals surface area contributed by atoms with Crippen LogP contribution in [0.1, 0.15) is 5.56 Å². The van der Waals surface area contributed by atoms with Gasteiger partial charge in [0.15, 0.2) is 11.5 Å². The highest BCUT2D eigenvalue weighted by Crippen LogP contribution is 2.36. The van der Waals surface area contributed by atoms with Crippen LogP contribution in [0.15, 0.2) is 12.1 Å². The number of primary sulfonamides is 1. The van der Waals surface area contributed by atoms with Crippen molar-refractivity contribution in [1.29, 1.82) is 0 Å². The van der Waals surface area contributed by atoms with Crippen molar-refractivity contribution in [2.24, 2.45) is 5.14 Å². The lowest BCUT2D eigenvalue weighted by atomic mass is 10.2. The Hall–Kier alpha value is -1.51. The van der Waals surface area contributed by atoms with Crippen LogP contribution in [-0.4, -0.2) is 40.0 Å². The molecule has 1 aromatic rings. The van der Waals surface area contributed by atoms with Crippen LogP contribution in [0.25, 0.3) is 0 Å². The predicted molar refractivity (Wildman–Crippen MR) is 70.9 cm³/mol. The molecular formula is C11H18N2O5S. The minimum atomic E-state index is -3.46. The summed E-state index contributed by atoms with van der Waals surface area (Å²) in [5.74, 6) is 0.378. The van der Waals surface area contributed by atoms with Crippen LogP contribution in [0.2, 0.25) is 0 Å². The van der Waals surface area contributed by atoms with Crippen LogP contribution in [0.4, 0.5) is 0 Å². The van der Waals surface area contributed by atoms with Crippen molar-refractivity contribution in [3.8, 4) is 17.2 Å². The summed E-state index contributed by atoms with van der Waals surface area (Å²) in [5, 5.41) is 17.5. The molecule has 0 spiro atoms. The number of benzene rings is 1. The van der Waals surface area contributed by atoms with E-state index in [1.54, 1.807) is 12.1 Å². The average Bonchev–Trinajstić information content (AvgIpc) is 2.35. The number of sulfonamides is 1. The lowest BCUT2D eigenvalue weighted by molar-refractivity contribution is 0.339. The van der Waals surface area contributed by atoms with Gasteiger partial charge in [-0.25, -0.2) is 13.6 Å². The maximum Gasteiger partial charge on any atom is 0.210 e. The zero-order valence-corrected chi connectivity index (χ0v) is 11.7. The molecule has 1 aromatic carbocycles. The summed E-state index contributed by atoms with van der Waals surface area (Å²) in [6.07, 6.45) is 0. The van der Waals surface area contributed by atoms with Gasteiger partial charge in [-0.15, -0.1) is 0 Å². The standard InChI is InChI=1S/C11H18N2O5S/c1-17-9-5-8(6-10(18-2)11(9)14)7-13-3-4-19(12,15)16/h5-6,13-14H,3-4,7H2,1-2H3,(H2,12,15,16). The zero-order valence-electron chi connectivity index (χ0n) is 10.8. The molecule has 0 aliphatic heterocycles. The van der Waals surface area contributed by atoms with Crippen LogP contribution in [0, 0.1) is 0 Å². The molecule has 108 valence electrons. The molecule has 4 N–H and O–H groups in total. The van der Waals surface area contributed by atoms with E-state index in [1.807, 2.05) is 0 Å². The lowest BCUT2D eigenvalue weighted by Crippen LogP contribution is -2.26.